The molecule has 1 aromatic heterocycles. The lowest BCUT2D eigenvalue weighted by molar-refractivity contribution is 0.770. The van der Waals surface area contributed by atoms with Gasteiger partial charge in [0.05, 0.1) is 0 Å². The molecule has 4 heteroatoms. The van der Waals surface area contributed by atoms with E-state index in [9.17, 15) is 0 Å². The van der Waals surface area contributed by atoms with Gasteiger partial charge in [-0.3, -0.25) is 9.98 Å². The molecule has 0 radical (unpaired) electrons. The van der Waals surface area contributed by atoms with Crippen LogP contribution in [0.3, 0.4) is 0 Å². The Balaban J connectivity index is 1.71. The molecule has 0 amide bonds. The van der Waals surface area contributed by atoms with Crippen LogP contribution in [-0.2, 0) is 12.8 Å². The minimum absolute atomic E-state index is 0.827. The van der Waals surface area contributed by atoms with Crippen molar-refractivity contribution in [1.29, 1.82) is 0 Å². The first-order valence-corrected chi connectivity index (χ1v) is 8.34. The molecule has 122 valence electrons. The van der Waals surface area contributed by atoms with E-state index >= 15 is 0 Å². The molecule has 0 saturated heterocycles. The molecule has 0 bridgehead atoms. The van der Waals surface area contributed by atoms with Crippen molar-refractivity contribution in [3.8, 4) is 0 Å². The molecule has 2 N–H and O–H groups in total. The third-order valence-corrected chi connectivity index (χ3v) is 3.48. The second kappa shape index (κ2) is 10.4. The molecule has 0 spiro atoms. The Labute approximate surface area is 139 Å². The largest absolute Gasteiger partial charge is 0.357 e. The van der Waals surface area contributed by atoms with E-state index in [1.165, 1.54) is 5.56 Å². The number of rotatable bonds is 8. The van der Waals surface area contributed by atoms with E-state index in [1.807, 2.05) is 24.4 Å². The van der Waals surface area contributed by atoms with E-state index in [0.29, 0.717) is 0 Å². The van der Waals surface area contributed by atoms with Crippen LogP contribution in [0.1, 0.15) is 24.6 Å². The number of nitrogens with zero attached hydrogens (tertiary/aromatic N) is 2. The minimum atomic E-state index is 0.827. The summed E-state index contributed by atoms with van der Waals surface area (Å²) in [6.45, 7) is 4.61. The molecule has 23 heavy (non-hydrogen) atoms. The summed E-state index contributed by atoms with van der Waals surface area (Å²) in [5, 5.41) is 6.65. The van der Waals surface area contributed by atoms with Crippen molar-refractivity contribution in [2.24, 2.45) is 4.99 Å². The summed E-state index contributed by atoms with van der Waals surface area (Å²) in [6, 6.07) is 16.6. The molecular weight excluding hydrogens is 284 g/mol. The molecule has 0 unspecified atom stereocenters. The number of hydrogen-bond acceptors (Lipinski definition) is 2. The van der Waals surface area contributed by atoms with Crippen molar-refractivity contribution < 1.29 is 0 Å². The lowest BCUT2D eigenvalue weighted by atomic mass is 10.1. The molecule has 0 aliphatic rings. The fourth-order valence-corrected chi connectivity index (χ4v) is 2.32. The highest BCUT2D eigenvalue weighted by atomic mass is 15.2. The summed E-state index contributed by atoms with van der Waals surface area (Å²) in [4.78, 5) is 8.96. The number of aryl methyl sites for hydroxylation is 1. The molecule has 0 fully saturated rings. The maximum Gasteiger partial charge on any atom is 0.191 e. The highest BCUT2D eigenvalue weighted by Gasteiger charge is 1.98. The van der Waals surface area contributed by atoms with Gasteiger partial charge in [-0.2, -0.15) is 0 Å². The van der Waals surface area contributed by atoms with Gasteiger partial charge in [-0.1, -0.05) is 36.4 Å². The quantitative estimate of drug-likeness (QED) is 0.448. The zero-order valence-corrected chi connectivity index (χ0v) is 13.8. The number of benzene rings is 1. The average molecular weight is 310 g/mol. The monoisotopic (exact) mass is 310 g/mol. The van der Waals surface area contributed by atoms with Crippen LogP contribution in [0.5, 0.6) is 0 Å². The molecule has 2 aromatic rings. The third-order valence-electron chi connectivity index (χ3n) is 3.48. The van der Waals surface area contributed by atoms with Crippen molar-refractivity contribution >= 4 is 5.96 Å². The van der Waals surface area contributed by atoms with Crippen molar-refractivity contribution in [1.82, 2.24) is 15.6 Å². The van der Waals surface area contributed by atoms with Crippen molar-refractivity contribution in [3.63, 3.8) is 0 Å². The zero-order chi connectivity index (χ0) is 16.2. The third kappa shape index (κ3) is 6.96. The van der Waals surface area contributed by atoms with E-state index in [2.05, 4.69) is 57.9 Å². The summed E-state index contributed by atoms with van der Waals surface area (Å²) in [5.74, 6) is 0.886. The van der Waals surface area contributed by atoms with Gasteiger partial charge in [0.25, 0.3) is 0 Å². The Hall–Kier alpha value is -2.36. The molecule has 2 rings (SSSR count). The van der Waals surface area contributed by atoms with E-state index in [-0.39, 0.29) is 0 Å². The van der Waals surface area contributed by atoms with E-state index in [0.717, 1.165) is 50.6 Å². The molecule has 1 heterocycles. The first-order valence-electron chi connectivity index (χ1n) is 8.34. The van der Waals surface area contributed by atoms with Crippen LogP contribution in [0.25, 0.3) is 0 Å². The van der Waals surface area contributed by atoms with Crippen LogP contribution in [0.4, 0.5) is 0 Å². The first kappa shape index (κ1) is 17.0. The molecule has 0 atom stereocenters. The Morgan fingerprint density at radius 3 is 2.57 bits per heavy atom. The first-order chi connectivity index (χ1) is 11.4. The van der Waals surface area contributed by atoms with Crippen LogP contribution < -0.4 is 10.6 Å². The number of aromatic nitrogens is 1. The van der Waals surface area contributed by atoms with Gasteiger partial charge in [-0.05, 0) is 37.5 Å². The maximum absolute atomic E-state index is 4.63. The molecule has 4 nitrogen and oxygen atoms in total. The second-order valence-electron chi connectivity index (χ2n) is 5.35. The van der Waals surface area contributed by atoms with E-state index in [4.69, 9.17) is 0 Å². The predicted octanol–water partition coefficient (Wildman–Crippen LogP) is 2.81. The summed E-state index contributed by atoms with van der Waals surface area (Å²) >= 11 is 0. The SMILES string of the molecule is CCNC(=NCCCc1ccccc1)NCCc1ccccn1. The normalized spacial score (nSPS) is 11.3. The maximum atomic E-state index is 4.63. The fraction of sp³-hybridized carbons (Fsp3) is 0.368. The van der Waals surface area contributed by atoms with Crippen LogP contribution in [0, 0.1) is 0 Å². The summed E-state index contributed by atoms with van der Waals surface area (Å²) in [6.07, 6.45) is 4.85. The smallest absolute Gasteiger partial charge is 0.191 e. The van der Waals surface area contributed by atoms with Gasteiger partial charge in [-0.25, -0.2) is 0 Å². The number of nitrogens with one attached hydrogen (secondary N) is 2. The van der Waals surface area contributed by atoms with Crippen molar-refractivity contribution in [2.45, 2.75) is 26.2 Å². The van der Waals surface area contributed by atoms with Crippen LogP contribution >= 0.6 is 0 Å². The standard InChI is InChI=1S/C19H26N4/c1-2-20-19(23-16-13-18-12-6-7-14-21-18)22-15-8-11-17-9-4-3-5-10-17/h3-7,9-10,12,14H,2,8,11,13,15-16H2,1H3,(H2,20,22,23). The molecular formula is C19H26N4. The van der Waals surface area contributed by atoms with Crippen molar-refractivity contribution in [2.75, 3.05) is 19.6 Å². The second-order valence-corrected chi connectivity index (χ2v) is 5.35. The van der Waals surface area contributed by atoms with Gasteiger partial charge >= 0.3 is 0 Å². The minimum Gasteiger partial charge on any atom is -0.357 e. The average Bonchev–Trinajstić information content (AvgIpc) is 2.60. The van der Waals surface area contributed by atoms with Crippen LogP contribution in [0.15, 0.2) is 59.7 Å². The Morgan fingerprint density at radius 1 is 1.00 bits per heavy atom. The number of aliphatic imine (C=N–C) groups is 1. The van der Waals surface area contributed by atoms with Gasteiger partial charge in [0.2, 0.25) is 0 Å². The van der Waals surface area contributed by atoms with Crippen LogP contribution in [0.2, 0.25) is 0 Å². The number of hydrogen-bond donors (Lipinski definition) is 2. The zero-order valence-electron chi connectivity index (χ0n) is 13.8. The van der Waals surface area contributed by atoms with Crippen molar-refractivity contribution in [3.05, 3.63) is 66.0 Å². The van der Waals surface area contributed by atoms with Gasteiger partial charge in [0, 0.05) is 37.9 Å². The highest BCUT2D eigenvalue weighted by molar-refractivity contribution is 5.79. The Morgan fingerprint density at radius 2 is 1.83 bits per heavy atom. The number of pyridine rings is 1. The van der Waals surface area contributed by atoms with Crippen LogP contribution in [-0.4, -0.2) is 30.6 Å². The Bertz CT molecular complexity index is 566. The van der Waals surface area contributed by atoms with E-state index in [1.54, 1.807) is 0 Å². The van der Waals surface area contributed by atoms with Gasteiger partial charge in [0.1, 0.15) is 0 Å². The topological polar surface area (TPSA) is 49.3 Å². The molecule has 0 aliphatic heterocycles. The molecule has 0 saturated carbocycles. The lowest BCUT2D eigenvalue weighted by Gasteiger charge is -2.11. The van der Waals surface area contributed by atoms with E-state index < -0.39 is 0 Å². The summed E-state index contributed by atoms with van der Waals surface area (Å²) in [7, 11) is 0. The highest BCUT2D eigenvalue weighted by Crippen LogP contribution is 2.02. The van der Waals surface area contributed by atoms with Gasteiger partial charge < -0.3 is 10.6 Å². The molecule has 0 aliphatic carbocycles. The molecule has 1 aromatic carbocycles. The Kier molecular flexibility index (Phi) is 7.67. The van der Waals surface area contributed by atoms with Gasteiger partial charge in [-0.15, -0.1) is 0 Å². The predicted molar refractivity (Wildman–Crippen MR) is 96.7 cm³/mol. The lowest BCUT2D eigenvalue weighted by Crippen LogP contribution is -2.38. The fourth-order valence-electron chi connectivity index (χ4n) is 2.32. The summed E-state index contributed by atoms with van der Waals surface area (Å²) in [5.41, 5.74) is 2.47. The number of guanidine groups is 1. The summed E-state index contributed by atoms with van der Waals surface area (Å²) < 4.78 is 0. The van der Waals surface area contributed by atoms with Gasteiger partial charge in [0.15, 0.2) is 5.96 Å².